The van der Waals surface area contributed by atoms with E-state index < -0.39 is 0 Å². The summed E-state index contributed by atoms with van der Waals surface area (Å²) in [7, 11) is 0. The van der Waals surface area contributed by atoms with Crippen molar-refractivity contribution in [2.75, 3.05) is 5.32 Å². The van der Waals surface area contributed by atoms with Crippen LogP contribution in [0.1, 0.15) is 46.0 Å². The second kappa shape index (κ2) is 6.85. The van der Waals surface area contributed by atoms with E-state index in [4.69, 9.17) is 0 Å². The zero-order valence-corrected chi connectivity index (χ0v) is 12.4. The molecule has 1 atom stereocenters. The molecule has 0 aliphatic rings. The van der Waals surface area contributed by atoms with E-state index in [2.05, 4.69) is 24.1 Å². The average Bonchev–Trinajstić information content (AvgIpc) is 2.76. The molecule has 1 aromatic carbocycles. The summed E-state index contributed by atoms with van der Waals surface area (Å²) >= 11 is 1.59. The fourth-order valence-electron chi connectivity index (χ4n) is 2.12. The van der Waals surface area contributed by atoms with Crippen LogP contribution in [0.5, 0.6) is 0 Å². The van der Waals surface area contributed by atoms with E-state index in [9.17, 15) is 4.39 Å². The first kappa shape index (κ1) is 14.3. The Morgan fingerprint density at radius 3 is 2.95 bits per heavy atom. The fourth-order valence-corrected chi connectivity index (χ4v) is 3.08. The fraction of sp³-hybridized carbons (Fsp3) is 0.533. The van der Waals surface area contributed by atoms with Gasteiger partial charge in [-0.1, -0.05) is 43.9 Å². The van der Waals surface area contributed by atoms with Crippen LogP contribution >= 0.6 is 11.3 Å². The molecule has 0 aliphatic carbocycles. The topological polar surface area (TPSA) is 24.9 Å². The van der Waals surface area contributed by atoms with Crippen LogP contribution < -0.4 is 5.32 Å². The van der Waals surface area contributed by atoms with Crippen LogP contribution in [0.15, 0.2) is 18.2 Å². The number of rotatable bonds is 7. The van der Waals surface area contributed by atoms with Crippen molar-refractivity contribution in [1.82, 2.24) is 4.98 Å². The van der Waals surface area contributed by atoms with Crippen molar-refractivity contribution >= 4 is 26.7 Å². The predicted octanol–water partition coefficient (Wildman–Crippen LogP) is 5.21. The number of nitrogens with zero attached hydrogens (tertiary/aromatic N) is 1. The van der Waals surface area contributed by atoms with E-state index in [-0.39, 0.29) is 5.82 Å². The third-order valence-electron chi connectivity index (χ3n) is 3.21. The van der Waals surface area contributed by atoms with Crippen LogP contribution in [0.25, 0.3) is 10.2 Å². The van der Waals surface area contributed by atoms with E-state index >= 15 is 0 Å². The minimum atomic E-state index is -0.225. The summed E-state index contributed by atoms with van der Waals surface area (Å²) < 4.78 is 14.1. The highest BCUT2D eigenvalue weighted by atomic mass is 32.1. The zero-order chi connectivity index (χ0) is 13.7. The van der Waals surface area contributed by atoms with Gasteiger partial charge in [0.1, 0.15) is 5.82 Å². The molecule has 0 radical (unpaired) electrons. The third-order valence-corrected chi connectivity index (χ3v) is 4.18. The van der Waals surface area contributed by atoms with Crippen LogP contribution in [0.4, 0.5) is 9.52 Å². The van der Waals surface area contributed by atoms with Crippen LogP contribution in [0.2, 0.25) is 0 Å². The molecule has 2 rings (SSSR count). The number of aromatic nitrogens is 1. The van der Waals surface area contributed by atoms with Gasteiger partial charge in [-0.3, -0.25) is 0 Å². The Labute approximate surface area is 118 Å². The zero-order valence-electron chi connectivity index (χ0n) is 11.6. The number of benzene rings is 1. The standard InChI is InChI=1S/C15H21FN2S/c1-3-4-5-6-7-11(2)17-15-18-13-10-12(16)8-9-14(13)19-15/h8-11H,3-7H2,1-2H3,(H,17,18). The lowest BCUT2D eigenvalue weighted by molar-refractivity contribution is 0.594. The van der Waals surface area contributed by atoms with Crippen LogP contribution in [-0.2, 0) is 0 Å². The van der Waals surface area contributed by atoms with Gasteiger partial charge in [0, 0.05) is 12.1 Å². The van der Waals surface area contributed by atoms with E-state index in [0.29, 0.717) is 6.04 Å². The largest absolute Gasteiger partial charge is 0.359 e. The molecule has 2 aromatic rings. The molecule has 0 fully saturated rings. The van der Waals surface area contributed by atoms with Gasteiger partial charge in [-0.25, -0.2) is 9.37 Å². The van der Waals surface area contributed by atoms with Gasteiger partial charge < -0.3 is 5.32 Å². The van der Waals surface area contributed by atoms with Crippen molar-refractivity contribution in [3.8, 4) is 0 Å². The number of fused-ring (bicyclic) bond motifs is 1. The van der Waals surface area contributed by atoms with E-state index in [0.717, 1.165) is 21.8 Å². The van der Waals surface area contributed by atoms with Gasteiger partial charge in [0.25, 0.3) is 0 Å². The lowest BCUT2D eigenvalue weighted by atomic mass is 10.1. The van der Waals surface area contributed by atoms with E-state index in [1.54, 1.807) is 17.4 Å². The second-order valence-electron chi connectivity index (χ2n) is 5.03. The highest BCUT2D eigenvalue weighted by molar-refractivity contribution is 7.22. The first-order valence-electron chi connectivity index (χ1n) is 7.01. The van der Waals surface area contributed by atoms with Gasteiger partial charge in [0.2, 0.25) is 0 Å². The molecule has 0 spiro atoms. The highest BCUT2D eigenvalue weighted by Gasteiger charge is 2.07. The first-order chi connectivity index (χ1) is 9.19. The van der Waals surface area contributed by atoms with Crippen molar-refractivity contribution in [1.29, 1.82) is 0 Å². The summed E-state index contributed by atoms with van der Waals surface area (Å²) in [5, 5.41) is 4.30. The third kappa shape index (κ3) is 4.16. The van der Waals surface area contributed by atoms with E-state index in [1.165, 1.54) is 37.8 Å². The Morgan fingerprint density at radius 1 is 1.32 bits per heavy atom. The number of anilines is 1. The molecule has 4 heteroatoms. The lowest BCUT2D eigenvalue weighted by Gasteiger charge is -2.12. The summed E-state index contributed by atoms with van der Waals surface area (Å²) in [5.74, 6) is -0.225. The maximum atomic E-state index is 13.1. The quantitative estimate of drug-likeness (QED) is 0.704. The monoisotopic (exact) mass is 280 g/mol. The van der Waals surface area contributed by atoms with Gasteiger partial charge >= 0.3 is 0 Å². The van der Waals surface area contributed by atoms with Crippen molar-refractivity contribution in [2.45, 2.75) is 52.0 Å². The number of unbranched alkanes of at least 4 members (excludes halogenated alkanes) is 3. The number of hydrogen-bond acceptors (Lipinski definition) is 3. The van der Waals surface area contributed by atoms with Gasteiger partial charge in [0.05, 0.1) is 10.2 Å². The Morgan fingerprint density at radius 2 is 2.16 bits per heavy atom. The molecule has 104 valence electrons. The van der Waals surface area contributed by atoms with Gasteiger partial charge in [-0.05, 0) is 25.5 Å². The molecule has 0 amide bonds. The normalized spacial score (nSPS) is 12.8. The number of nitrogens with one attached hydrogen (secondary N) is 1. The Bertz CT molecular complexity index is 524. The molecule has 2 nitrogen and oxygen atoms in total. The van der Waals surface area contributed by atoms with Crippen molar-refractivity contribution in [2.24, 2.45) is 0 Å². The van der Waals surface area contributed by atoms with Crippen molar-refractivity contribution in [3.05, 3.63) is 24.0 Å². The SMILES string of the molecule is CCCCCCC(C)Nc1nc2cc(F)ccc2s1. The van der Waals surface area contributed by atoms with Crippen molar-refractivity contribution in [3.63, 3.8) is 0 Å². The molecule has 1 aromatic heterocycles. The summed E-state index contributed by atoms with van der Waals surface area (Å²) in [6.07, 6.45) is 6.29. The van der Waals surface area contributed by atoms with Crippen molar-refractivity contribution < 1.29 is 4.39 Å². The molecule has 1 unspecified atom stereocenters. The predicted molar refractivity (Wildman–Crippen MR) is 81.4 cm³/mol. The summed E-state index contributed by atoms with van der Waals surface area (Å²) in [6.45, 7) is 4.40. The maximum absolute atomic E-state index is 13.1. The number of hydrogen-bond donors (Lipinski definition) is 1. The first-order valence-corrected chi connectivity index (χ1v) is 7.83. The van der Waals surface area contributed by atoms with Gasteiger partial charge in [-0.15, -0.1) is 0 Å². The summed E-state index contributed by atoms with van der Waals surface area (Å²) in [6, 6.07) is 5.18. The van der Waals surface area contributed by atoms with E-state index in [1.807, 2.05) is 0 Å². The molecule has 0 aliphatic heterocycles. The molecule has 19 heavy (non-hydrogen) atoms. The Balaban J connectivity index is 1.89. The van der Waals surface area contributed by atoms with Crippen LogP contribution in [-0.4, -0.2) is 11.0 Å². The number of thiazole rings is 1. The molecular weight excluding hydrogens is 259 g/mol. The summed E-state index contributed by atoms with van der Waals surface area (Å²) in [4.78, 5) is 4.43. The summed E-state index contributed by atoms with van der Waals surface area (Å²) in [5.41, 5.74) is 0.741. The lowest BCUT2D eigenvalue weighted by Crippen LogP contribution is -2.14. The van der Waals surface area contributed by atoms with Crippen LogP contribution in [0, 0.1) is 5.82 Å². The highest BCUT2D eigenvalue weighted by Crippen LogP contribution is 2.27. The average molecular weight is 280 g/mol. The van der Waals surface area contributed by atoms with Crippen LogP contribution in [0.3, 0.4) is 0 Å². The molecule has 1 N–H and O–H groups in total. The second-order valence-corrected chi connectivity index (χ2v) is 6.06. The Kier molecular flexibility index (Phi) is 5.14. The number of halogens is 1. The molecule has 1 heterocycles. The molecule has 0 saturated carbocycles. The van der Waals surface area contributed by atoms with Gasteiger partial charge in [0.15, 0.2) is 5.13 Å². The molecule has 0 saturated heterocycles. The minimum absolute atomic E-state index is 0.225. The molecular formula is C15H21FN2S. The molecule has 0 bridgehead atoms. The van der Waals surface area contributed by atoms with Gasteiger partial charge in [-0.2, -0.15) is 0 Å². The smallest absolute Gasteiger partial charge is 0.184 e. The Hall–Kier alpha value is -1.16. The minimum Gasteiger partial charge on any atom is -0.359 e. The maximum Gasteiger partial charge on any atom is 0.184 e.